The number of carbonyl (C=O) groups excluding carboxylic acids is 1. The van der Waals surface area contributed by atoms with Gasteiger partial charge in [0.2, 0.25) is 0 Å². The Labute approximate surface area is 131 Å². The highest BCUT2D eigenvalue weighted by molar-refractivity contribution is 7.92. The highest BCUT2D eigenvalue weighted by Crippen LogP contribution is 2.29. The minimum absolute atomic E-state index is 0.355. The van der Waals surface area contributed by atoms with Crippen LogP contribution in [-0.2, 0) is 19.4 Å². The lowest BCUT2D eigenvalue weighted by molar-refractivity contribution is -0.396. The first-order valence-electron chi connectivity index (χ1n) is 5.71. The maximum absolute atomic E-state index is 11.9. The maximum Gasteiger partial charge on any atom is 0.422 e. The van der Waals surface area contributed by atoms with Gasteiger partial charge in [-0.1, -0.05) is 0 Å². The molecule has 14 heteroatoms. The Hall–Kier alpha value is -2.77. The van der Waals surface area contributed by atoms with Gasteiger partial charge in [-0.15, -0.1) is 0 Å². The molecule has 10 nitrogen and oxygen atoms in total. The van der Waals surface area contributed by atoms with Gasteiger partial charge in [0, 0.05) is 6.07 Å². The van der Waals surface area contributed by atoms with Crippen LogP contribution in [0, 0.1) is 20.2 Å². The van der Waals surface area contributed by atoms with E-state index in [1.54, 1.807) is 0 Å². The Kier molecular flexibility index (Phi) is 5.44. The quantitative estimate of drug-likeness (QED) is 0.413. The number of carbonyl (C=O) groups is 1. The van der Waals surface area contributed by atoms with Crippen molar-refractivity contribution in [2.24, 2.45) is 0 Å². The SMILES string of the molecule is O=C(CS(=O)(=O)c1ccc([N+](=O)[O-])cc1[N+](=O)[O-])OCC(F)(F)F. The zero-order chi connectivity index (χ0) is 18.7. The number of non-ortho nitro benzene ring substituents is 1. The number of rotatable bonds is 6. The van der Waals surface area contributed by atoms with Crippen molar-refractivity contribution < 1.29 is 41.0 Å². The number of benzene rings is 1. The monoisotopic (exact) mass is 372 g/mol. The molecular formula is C10H7F3N2O8S. The zero-order valence-electron chi connectivity index (χ0n) is 11.3. The predicted octanol–water partition coefficient (Wildman–Crippen LogP) is 1.38. The molecule has 0 aliphatic carbocycles. The van der Waals surface area contributed by atoms with E-state index in [2.05, 4.69) is 4.74 Å². The molecule has 132 valence electrons. The summed E-state index contributed by atoms with van der Waals surface area (Å²) in [6, 6.07) is 1.51. The van der Waals surface area contributed by atoms with Crippen LogP contribution < -0.4 is 0 Å². The average Bonchev–Trinajstić information content (AvgIpc) is 2.43. The Morgan fingerprint density at radius 2 is 1.75 bits per heavy atom. The standard InChI is InChI=1S/C10H7F3N2O8S/c11-10(12,13)5-23-9(16)4-24(21,22)8-2-1-6(14(17)18)3-7(8)15(19)20/h1-3H,4-5H2. The number of alkyl halides is 3. The molecule has 1 rings (SSSR count). The fraction of sp³-hybridized carbons (Fsp3) is 0.300. The molecule has 0 aliphatic heterocycles. The lowest BCUT2D eigenvalue weighted by atomic mass is 10.3. The molecule has 0 fully saturated rings. The minimum Gasteiger partial charge on any atom is -0.455 e. The summed E-state index contributed by atoms with van der Waals surface area (Å²) in [6.45, 7) is -2.02. The molecule has 0 heterocycles. The van der Waals surface area contributed by atoms with Gasteiger partial charge >= 0.3 is 12.1 Å². The Morgan fingerprint density at radius 1 is 1.17 bits per heavy atom. The van der Waals surface area contributed by atoms with Crippen molar-refractivity contribution in [2.75, 3.05) is 12.4 Å². The van der Waals surface area contributed by atoms with Crippen LogP contribution in [0.2, 0.25) is 0 Å². The van der Waals surface area contributed by atoms with Gasteiger partial charge in [-0.3, -0.25) is 25.0 Å². The number of nitro benzene ring substituents is 2. The second-order valence-electron chi connectivity index (χ2n) is 4.20. The van der Waals surface area contributed by atoms with Gasteiger partial charge in [0.25, 0.3) is 11.4 Å². The van der Waals surface area contributed by atoms with E-state index in [0.717, 1.165) is 0 Å². The summed E-state index contributed by atoms with van der Waals surface area (Å²) in [5, 5.41) is 21.4. The van der Waals surface area contributed by atoms with Gasteiger partial charge in [0.15, 0.2) is 22.2 Å². The molecule has 0 aliphatic rings. The van der Waals surface area contributed by atoms with Crippen LogP contribution in [0.15, 0.2) is 23.1 Å². The Bertz CT molecular complexity index is 790. The molecule has 0 bridgehead atoms. The van der Waals surface area contributed by atoms with Crippen molar-refractivity contribution in [1.29, 1.82) is 0 Å². The molecule has 0 amide bonds. The van der Waals surface area contributed by atoms with E-state index in [-0.39, 0.29) is 0 Å². The molecule has 24 heavy (non-hydrogen) atoms. The van der Waals surface area contributed by atoms with Crippen LogP contribution >= 0.6 is 0 Å². The van der Waals surface area contributed by atoms with Gasteiger partial charge in [0.1, 0.15) is 4.90 Å². The van der Waals surface area contributed by atoms with E-state index in [9.17, 15) is 46.6 Å². The van der Waals surface area contributed by atoms with Gasteiger partial charge in [-0.05, 0) is 6.07 Å². The van der Waals surface area contributed by atoms with Crippen LogP contribution in [0.1, 0.15) is 0 Å². The van der Waals surface area contributed by atoms with E-state index in [1.165, 1.54) is 0 Å². The summed E-state index contributed by atoms with van der Waals surface area (Å²) < 4.78 is 63.2. The van der Waals surface area contributed by atoms with Crippen molar-refractivity contribution in [1.82, 2.24) is 0 Å². The number of esters is 1. The Balaban J connectivity index is 3.12. The topological polar surface area (TPSA) is 147 Å². The molecular weight excluding hydrogens is 365 g/mol. The van der Waals surface area contributed by atoms with Crippen LogP contribution in [0.3, 0.4) is 0 Å². The number of hydrogen-bond donors (Lipinski definition) is 0. The summed E-state index contributed by atoms with van der Waals surface area (Å²) in [6.07, 6.45) is -4.88. The number of sulfone groups is 1. The largest absolute Gasteiger partial charge is 0.455 e. The van der Waals surface area contributed by atoms with Gasteiger partial charge in [-0.2, -0.15) is 13.2 Å². The van der Waals surface area contributed by atoms with Crippen molar-refractivity contribution in [3.8, 4) is 0 Å². The summed E-state index contributed by atoms with van der Waals surface area (Å²) in [5.41, 5.74) is -1.96. The van der Waals surface area contributed by atoms with E-state index in [1.807, 2.05) is 0 Å². The van der Waals surface area contributed by atoms with E-state index in [0.29, 0.717) is 18.2 Å². The molecule has 1 aromatic rings. The number of ether oxygens (including phenoxy) is 1. The van der Waals surface area contributed by atoms with Crippen LogP contribution in [0.5, 0.6) is 0 Å². The van der Waals surface area contributed by atoms with Crippen LogP contribution in [0.25, 0.3) is 0 Å². The number of nitrogens with zero attached hydrogens (tertiary/aromatic N) is 2. The minimum atomic E-state index is -4.88. The van der Waals surface area contributed by atoms with E-state index in [4.69, 9.17) is 0 Å². The highest BCUT2D eigenvalue weighted by Gasteiger charge is 2.33. The molecule has 0 atom stereocenters. The maximum atomic E-state index is 11.9. The van der Waals surface area contributed by atoms with Gasteiger partial charge in [0.05, 0.1) is 15.9 Å². The highest BCUT2D eigenvalue weighted by atomic mass is 32.2. The summed E-state index contributed by atoms with van der Waals surface area (Å²) in [4.78, 5) is 29.2. The third-order valence-electron chi connectivity index (χ3n) is 2.39. The second kappa shape index (κ2) is 6.77. The first-order valence-corrected chi connectivity index (χ1v) is 7.36. The zero-order valence-corrected chi connectivity index (χ0v) is 12.2. The molecule has 0 unspecified atom stereocenters. The number of nitro groups is 2. The first-order chi connectivity index (χ1) is 10.8. The summed E-state index contributed by atoms with van der Waals surface area (Å²) in [5.74, 6) is -3.37. The summed E-state index contributed by atoms with van der Waals surface area (Å²) >= 11 is 0. The molecule has 0 saturated heterocycles. The van der Waals surface area contributed by atoms with Gasteiger partial charge < -0.3 is 4.74 Å². The van der Waals surface area contributed by atoms with E-state index < -0.39 is 60.5 Å². The van der Waals surface area contributed by atoms with Crippen molar-refractivity contribution in [2.45, 2.75) is 11.1 Å². The number of halogens is 3. The lowest BCUT2D eigenvalue weighted by Gasteiger charge is -2.08. The average molecular weight is 372 g/mol. The predicted molar refractivity (Wildman–Crippen MR) is 68.8 cm³/mol. The molecule has 0 aromatic heterocycles. The second-order valence-corrected chi connectivity index (χ2v) is 6.16. The fourth-order valence-electron chi connectivity index (χ4n) is 1.46. The first kappa shape index (κ1) is 19.3. The molecule has 0 N–H and O–H groups in total. The summed E-state index contributed by atoms with van der Waals surface area (Å²) in [7, 11) is -4.75. The smallest absolute Gasteiger partial charge is 0.422 e. The van der Waals surface area contributed by atoms with Gasteiger partial charge in [-0.25, -0.2) is 8.42 Å². The van der Waals surface area contributed by atoms with Crippen LogP contribution in [-0.4, -0.2) is 42.8 Å². The molecule has 0 saturated carbocycles. The molecule has 0 spiro atoms. The van der Waals surface area contributed by atoms with Crippen LogP contribution in [0.4, 0.5) is 24.5 Å². The molecule has 0 radical (unpaired) electrons. The molecule has 1 aromatic carbocycles. The van der Waals surface area contributed by atoms with Crippen molar-refractivity contribution in [3.05, 3.63) is 38.4 Å². The number of hydrogen-bond acceptors (Lipinski definition) is 8. The third-order valence-corrected chi connectivity index (χ3v) is 4.02. The third kappa shape index (κ3) is 5.15. The fourth-order valence-corrected chi connectivity index (χ4v) is 2.74. The lowest BCUT2D eigenvalue weighted by Crippen LogP contribution is -2.25. The van der Waals surface area contributed by atoms with Crippen molar-refractivity contribution in [3.63, 3.8) is 0 Å². The van der Waals surface area contributed by atoms with Crippen molar-refractivity contribution >= 4 is 27.2 Å². The normalized spacial score (nSPS) is 11.8. The van der Waals surface area contributed by atoms with E-state index >= 15 is 0 Å². The Morgan fingerprint density at radius 3 is 2.21 bits per heavy atom.